The van der Waals surface area contributed by atoms with Crippen molar-refractivity contribution in [2.45, 2.75) is 64.6 Å². The van der Waals surface area contributed by atoms with Crippen molar-refractivity contribution in [3.8, 4) is 0 Å². The number of hydrogen-bond donors (Lipinski definition) is 0. The number of rotatable bonds is 4. The number of fused-ring (bicyclic) bond motifs is 2. The van der Waals surface area contributed by atoms with Crippen LogP contribution in [0.5, 0.6) is 0 Å². The maximum atomic E-state index is 6.38. The summed E-state index contributed by atoms with van der Waals surface area (Å²) in [6.45, 7) is 8.92. The lowest BCUT2D eigenvalue weighted by atomic mass is 9.57. The number of nitrogens with zero attached hydrogens (tertiary/aromatic N) is 2. The Morgan fingerprint density at radius 1 is 0.629 bits per heavy atom. The van der Waals surface area contributed by atoms with Crippen molar-refractivity contribution in [2.75, 3.05) is 36.4 Å². The van der Waals surface area contributed by atoms with Crippen molar-refractivity contribution in [3.63, 3.8) is 0 Å². The van der Waals surface area contributed by atoms with Crippen LogP contribution in [0.2, 0.25) is 0 Å². The van der Waals surface area contributed by atoms with E-state index >= 15 is 0 Å². The molecule has 0 amide bonds. The molecule has 35 heavy (non-hydrogen) atoms. The van der Waals surface area contributed by atoms with Gasteiger partial charge in [0, 0.05) is 36.3 Å². The number of anilines is 2. The summed E-state index contributed by atoms with van der Waals surface area (Å²) < 4.78 is 12.8. The van der Waals surface area contributed by atoms with Crippen molar-refractivity contribution in [1.29, 1.82) is 0 Å². The Balaban J connectivity index is 1.11. The first-order valence-electron chi connectivity index (χ1n) is 13.9. The van der Waals surface area contributed by atoms with Crippen molar-refractivity contribution in [3.05, 3.63) is 60.7 Å². The minimum Gasteiger partial charge on any atom is -0.358 e. The summed E-state index contributed by atoms with van der Waals surface area (Å²) in [5.74, 6) is 2.84. The predicted octanol–water partition coefficient (Wildman–Crippen LogP) is 6.57. The molecule has 0 N–H and O–H groups in total. The second-order valence-corrected chi connectivity index (χ2v) is 12.1. The zero-order valence-corrected chi connectivity index (χ0v) is 21.5. The number of para-hydroxylation sites is 2. The van der Waals surface area contributed by atoms with E-state index in [9.17, 15) is 0 Å². The molecule has 2 aromatic rings. The fraction of sp³-hybridized carbons (Fsp3) is 0.613. The molecular formula is C31H42N2O2. The Kier molecular flexibility index (Phi) is 6.53. The highest BCUT2D eigenvalue weighted by molar-refractivity contribution is 5.46. The molecular weight excluding hydrogens is 432 g/mol. The second-order valence-electron chi connectivity index (χ2n) is 12.1. The third kappa shape index (κ3) is 4.72. The molecule has 0 bridgehead atoms. The fourth-order valence-electron chi connectivity index (χ4n) is 7.66. The summed E-state index contributed by atoms with van der Waals surface area (Å²) in [4.78, 5) is 4.89. The SMILES string of the molecule is CC(C)(C1CCC2OCN(c3ccccc3)CC2C1)C1CCC2OCN(c3ccccc3)CC2C1. The molecule has 4 heteroatoms. The summed E-state index contributed by atoms with van der Waals surface area (Å²) in [5.41, 5.74) is 2.96. The van der Waals surface area contributed by atoms with Crippen LogP contribution in [-0.2, 0) is 9.47 Å². The smallest absolute Gasteiger partial charge is 0.119 e. The van der Waals surface area contributed by atoms with E-state index in [0.717, 1.165) is 38.4 Å². The topological polar surface area (TPSA) is 24.9 Å². The van der Waals surface area contributed by atoms with E-state index in [1.165, 1.54) is 49.9 Å². The normalized spacial score (nSPS) is 33.7. The molecule has 2 saturated carbocycles. The van der Waals surface area contributed by atoms with Crippen LogP contribution in [0, 0.1) is 29.1 Å². The van der Waals surface area contributed by atoms with Crippen molar-refractivity contribution in [2.24, 2.45) is 29.1 Å². The van der Waals surface area contributed by atoms with Crippen LogP contribution >= 0.6 is 0 Å². The lowest BCUT2D eigenvalue weighted by Gasteiger charge is -2.53. The van der Waals surface area contributed by atoms with Gasteiger partial charge in [0.1, 0.15) is 13.5 Å². The summed E-state index contributed by atoms with van der Waals surface area (Å²) >= 11 is 0. The van der Waals surface area contributed by atoms with E-state index in [2.05, 4.69) is 84.3 Å². The number of benzene rings is 2. The van der Waals surface area contributed by atoms with E-state index in [1.54, 1.807) is 0 Å². The number of hydrogen-bond acceptors (Lipinski definition) is 4. The molecule has 2 aromatic carbocycles. The third-order valence-electron chi connectivity index (χ3n) is 9.97. The van der Waals surface area contributed by atoms with Crippen LogP contribution in [0.15, 0.2) is 60.7 Å². The first kappa shape index (κ1) is 23.4. The zero-order chi connectivity index (χ0) is 23.8. The highest BCUT2D eigenvalue weighted by Gasteiger charge is 2.47. The molecule has 4 fully saturated rings. The maximum absolute atomic E-state index is 6.38. The van der Waals surface area contributed by atoms with Crippen LogP contribution in [0.25, 0.3) is 0 Å². The van der Waals surface area contributed by atoms with Gasteiger partial charge < -0.3 is 19.3 Å². The van der Waals surface area contributed by atoms with Gasteiger partial charge in [-0.3, -0.25) is 0 Å². The zero-order valence-electron chi connectivity index (χ0n) is 21.5. The molecule has 0 aromatic heterocycles. The lowest BCUT2D eigenvalue weighted by molar-refractivity contribution is -0.0911. The quantitative estimate of drug-likeness (QED) is 0.500. The lowest BCUT2D eigenvalue weighted by Crippen LogP contribution is -2.52. The van der Waals surface area contributed by atoms with Gasteiger partial charge in [0.05, 0.1) is 12.2 Å². The second kappa shape index (κ2) is 9.78. The van der Waals surface area contributed by atoms with Gasteiger partial charge in [0.15, 0.2) is 0 Å². The maximum Gasteiger partial charge on any atom is 0.119 e. The van der Waals surface area contributed by atoms with Gasteiger partial charge in [0.2, 0.25) is 0 Å². The van der Waals surface area contributed by atoms with E-state index in [0.29, 0.717) is 29.5 Å². The Hall–Kier alpha value is -2.04. The Bertz CT molecular complexity index is 887. The number of ether oxygens (including phenoxy) is 2. The average molecular weight is 475 g/mol. The average Bonchev–Trinajstić information content (AvgIpc) is 2.92. The van der Waals surface area contributed by atoms with E-state index in [-0.39, 0.29) is 0 Å². The van der Waals surface area contributed by atoms with Gasteiger partial charge in [-0.25, -0.2) is 0 Å². The predicted molar refractivity (Wildman–Crippen MR) is 142 cm³/mol. The van der Waals surface area contributed by atoms with Crippen LogP contribution in [0.4, 0.5) is 11.4 Å². The summed E-state index contributed by atoms with van der Waals surface area (Å²) in [5, 5.41) is 0. The minimum atomic E-state index is 0.361. The van der Waals surface area contributed by atoms with Gasteiger partial charge in [-0.15, -0.1) is 0 Å². The molecule has 2 aliphatic heterocycles. The first-order chi connectivity index (χ1) is 17.1. The fourth-order valence-corrected chi connectivity index (χ4v) is 7.66. The van der Waals surface area contributed by atoms with Crippen LogP contribution in [0.3, 0.4) is 0 Å². The van der Waals surface area contributed by atoms with Crippen LogP contribution in [-0.4, -0.2) is 38.8 Å². The molecule has 6 rings (SSSR count). The Morgan fingerprint density at radius 2 is 1.06 bits per heavy atom. The molecule has 0 spiro atoms. The third-order valence-corrected chi connectivity index (χ3v) is 9.97. The van der Waals surface area contributed by atoms with Gasteiger partial charge >= 0.3 is 0 Å². The molecule has 0 radical (unpaired) electrons. The highest BCUT2D eigenvalue weighted by atomic mass is 16.5. The summed E-state index contributed by atoms with van der Waals surface area (Å²) in [6, 6.07) is 21.6. The molecule has 188 valence electrons. The van der Waals surface area contributed by atoms with Gasteiger partial charge in [-0.2, -0.15) is 0 Å². The minimum absolute atomic E-state index is 0.361. The van der Waals surface area contributed by atoms with E-state index in [4.69, 9.17) is 9.47 Å². The van der Waals surface area contributed by atoms with E-state index < -0.39 is 0 Å². The molecule has 6 atom stereocenters. The first-order valence-corrected chi connectivity index (χ1v) is 13.9. The molecule has 6 unspecified atom stereocenters. The van der Waals surface area contributed by atoms with Crippen LogP contribution < -0.4 is 9.80 Å². The summed E-state index contributed by atoms with van der Waals surface area (Å²) in [7, 11) is 0. The van der Waals surface area contributed by atoms with Crippen molar-refractivity contribution >= 4 is 11.4 Å². The van der Waals surface area contributed by atoms with Gasteiger partial charge in [-0.05, 0) is 80.0 Å². The molecule has 4 aliphatic rings. The van der Waals surface area contributed by atoms with Crippen molar-refractivity contribution in [1.82, 2.24) is 0 Å². The van der Waals surface area contributed by atoms with Gasteiger partial charge in [0.25, 0.3) is 0 Å². The molecule has 4 nitrogen and oxygen atoms in total. The largest absolute Gasteiger partial charge is 0.358 e. The molecule has 2 saturated heterocycles. The van der Waals surface area contributed by atoms with Crippen LogP contribution in [0.1, 0.15) is 52.4 Å². The Morgan fingerprint density at radius 3 is 1.49 bits per heavy atom. The highest BCUT2D eigenvalue weighted by Crippen LogP contribution is 2.52. The monoisotopic (exact) mass is 474 g/mol. The van der Waals surface area contributed by atoms with E-state index in [1.807, 2.05) is 0 Å². The summed E-state index contributed by atoms with van der Waals surface area (Å²) in [6.07, 6.45) is 8.59. The molecule has 2 heterocycles. The standard InChI is InChI=1S/C31H42N2O2/c1-31(2,25-13-15-29-23(17-25)19-32(21-34-29)27-9-5-3-6-10-27)26-14-16-30-24(18-26)20-33(22-35-30)28-11-7-4-8-12-28/h3-12,23-26,29-30H,13-22H2,1-2H3. The van der Waals surface area contributed by atoms with Crippen molar-refractivity contribution < 1.29 is 9.47 Å². The Labute approximate surface area is 211 Å². The van der Waals surface area contributed by atoms with Gasteiger partial charge in [-0.1, -0.05) is 50.2 Å². The molecule has 2 aliphatic carbocycles.